The van der Waals surface area contributed by atoms with Crippen LogP contribution in [0.15, 0.2) is 30.3 Å². The number of likely N-dealkylation sites (tertiary alicyclic amines) is 1. The van der Waals surface area contributed by atoms with E-state index in [0.717, 1.165) is 51.2 Å². The number of hydrogen-bond donors (Lipinski definition) is 1. The molecule has 29 heavy (non-hydrogen) atoms. The Balaban J connectivity index is 1.55. The summed E-state index contributed by atoms with van der Waals surface area (Å²) in [7, 11) is 3.85. The number of alkyl carbamates (subject to hydrolysis) is 1. The van der Waals surface area contributed by atoms with Gasteiger partial charge >= 0.3 is 6.09 Å². The first kappa shape index (κ1) is 23.2. The second-order valence-corrected chi connectivity index (χ2v) is 7.68. The number of ether oxygens (including phenoxy) is 2. The molecule has 1 N–H and O–H groups in total. The number of nitrogens with zero attached hydrogens (tertiary/aromatic N) is 2. The molecule has 2 rings (SSSR count). The molecule has 0 aromatic heterocycles. The van der Waals surface area contributed by atoms with E-state index in [9.17, 15) is 9.59 Å². The number of rotatable bonds is 11. The molecule has 0 unspecified atom stereocenters. The predicted octanol–water partition coefficient (Wildman–Crippen LogP) is 2.51. The number of carbonyl (C=O) groups is 2. The van der Waals surface area contributed by atoms with Gasteiger partial charge in [0.25, 0.3) is 0 Å². The Morgan fingerprint density at radius 2 is 1.90 bits per heavy atom. The van der Waals surface area contributed by atoms with E-state index in [1.807, 2.05) is 35.2 Å². The summed E-state index contributed by atoms with van der Waals surface area (Å²) in [4.78, 5) is 28.2. The average Bonchev–Trinajstić information content (AvgIpc) is 2.75. The van der Waals surface area contributed by atoms with Gasteiger partial charge in [-0.15, -0.1) is 0 Å². The predicted molar refractivity (Wildman–Crippen MR) is 113 cm³/mol. The second-order valence-electron chi connectivity index (χ2n) is 7.68. The molecule has 1 aliphatic rings. The van der Waals surface area contributed by atoms with E-state index < -0.39 is 6.09 Å². The van der Waals surface area contributed by atoms with Crippen molar-refractivity contribution in [2.75, 3.05) is 53.5 Å². The fourth-order valence-corrected chi connectivity index (χ4v) is 3.51. The fourth-order valence-electron chi connectivity index (χ4n) is 3.51. The molecule has 0 spiro atoms. The number of hydrogen-bond acceptors (Lipinski definition) is 5. The standard InChI is InChI=1S/C22H35N3O4/c1-24(15-16-28-2)12-6-9-19-10-13-25(14-11-19)21(26)17-23-22(27)29-18-20-7-4-3-5-8-20/h3-5,7-8,19H,6,9-18H2,1-2H3,(H,23,27). The van der Waals surface area contributed by atoms with Crippen molar-refractivity contribution in [1.29, 1.82) is 0 Å². The molecular formula is C22H35N3O4. The number of methoxy groups -OCH3 is 1. The monoisotopic (exact) mass is 405 g/mol. The van der Waals surface area contributed by atoms with Gasteiger partial charge in [-0.25, -0.2) is 4.79 Å². The minimum atomic E-state index is -0.560. The number of benzene rings is 1. The summed E-state index contributed by atoms with van der Waals surface area (Å²) < 4.78 is 10.2. The number of nitrogens with one attached hydrogen (secondary N) is 1. The number of carbonyl (C=O) groups excluding carboxylic acids is 2. The molecule has 1 aromatic rings. The van der Waals surface area contributed by atoms with Crippen LogP contribution in [-0.4, -0.2) is 75.3 Å². The highest BCUT2D eigenvalue weighted by atomic mass is 16.5. The largest absolute Gasteiger partial charge is 0.445 e. The molecular weight excluding hydrogens is 370 g/mol. The van der Waals surface area contributed by atoms with E-state index in [1.165, 1.54) is 12.8 Å². The minimum Gasteiger partial charge on any atom is -0.445 e. The lowest BCUT2D eigenvalue weighted by Crippen LogP contribution is -2.44. The maximum atomic E-state index is 12.3. The molecule has 7 heteroatoms. The first-order chi connectivity index (χ1) is 14.1. The molecule has 162 valence electrons. The zero-order valence-electron chi connectivity index (χ0n) is 17.8. The van der Waals surface area contributed by atoms with Crippen LogP contribution in [0.3, 0.4) is 0 Å². The van der Waals surface area contributed by atoms with Crippen LogP contribution in [0.1, 0.15) is 31.2 Å². The number of likely N-dealkylation sites (N-methyl/N-ethyl adjacent to an activating group) is 1. The van der Waals surface area contributed by atoms with Crippen molar-refractivity contribution in [2.24, 2.45) is 5.92 Å². The van der Waals surface area contributed by atoms with E-state index in [2.05, 4.69) is 17.3 Å². The molecule has 0 aliphatic carbocycles. The Kier molecular flexibility index (Phi) is 10.5. The van der Waals surface area contributed by atoms with E-state index >= 15 is 0 Å². The molecule has 7 nitrogen and oxygen atoms in total. The van der Waals surface area contributed by atoms with E-state index in [-0.39, 0.29) is 19.1 Å². The third-order valence-electron chi connectivity index (χ3n) is 5.39. The number of piperidine rings is 1. The van der Waals surface area contributed by atoms with Gasteiger partial charge in [0.1, 0.15) is 13.2 Å². The summed E-state index contributed by atoms with van der Waals surface area (Å²) >= 11 is 0. The van der Waals surface area contributed by atoms with Gasteiger partial charge in [0.05, 0.1) is 6.61 Å². The van der Waals surface area contributed by atoms with Crippen LogP contribution in [0, 0.1) is 5.92 Å². The molecule has 0 saturated carbocycles. The first-order valence-electron chi connectivity index (χ1n) is 10.5. The van der Waals surface area contributed by atoms with Crippen LogP contribution in [0.5, 0.6) is 0 Å². The Morgan fingerprint density at radius 3 is 2.59 bits per heavy atom. The molecule has 2 amide bonds. The molecule has 0 bridgehead atoms. The van der Waals surface area contributed by atoms with Gasteiger partial charge in [-0.3, -0.25) is 4.79 Å². The van der Waals surface area contributed by atoms with Gasteiger partial charge in [-0.05, 0) is 50.8 Å². The van der Waals surface area contributed by atoms with Crippen molar-refractivity contribution in [3.8, 4) is 0 Å². The maximum absolute atomic E-state index is 12.3. The van der Waals surface area contributed by atoms with Crippen molar-refractivity contribution < 1.29 is 19.1 Å². The Hall–Kier alpha value is -2.12. The minimum absolute atomic E-state index is 0.0113. The van der Waals surface area contributed by atoms with Crippen molar-refractivity contribution in [1.82, 2.24) is 15.1 Å². The summed E-state index contributed by atoms with van der Waals surface area (Å²) in [6.45, 7) is 4.54. The van der Waals surface area contributed by atoms with Gasteiger partial charge in [0.15, 0.2) is 0 Å². The summed E-state index contributed by atoms with van der Waals surface area (Å²) in [5.41, 5.74) is 0.918. The Bertz CT molecular complexity index is 603. The first-order valence-corrected chi connectivity index (χ1v) is 10.5. The summed E-state index contributed by atoms with van der Waals surface area (Å²) in [6, 6.07) is 9.47. The number of amides is 2. The van der Waals surface area contributed by atoms with Crippen LogP contribution in [0.2, 0.25) is 0 Å². The molecule has 1 heterocycles. The summed E-state index contributed by atoms with van der Waals surface area (Å²) in [5, 5.41) is 2.56. The van der Waals surface area contributed by atoms with Crippen molar-refractivity contribution >= 4 is 12.0 Å². The normalized spacial score (nSPS) is 14.8. The highest BCUT2D eigenvalue weighted by Gasteiger charge is 2.22. The fraction of sp³-hybridized carbons (Fsp3) is 0.636. The van der Waals surface area contributed by atoms with Gasteiger partial charge in [-0.1, -0.05) is 30.3 Å². The van der Waals surface area contributed by atoms with Gasteiger partial charge in [-0.2, -0.15) is 0 Å². The lowest BCUT2D eigenvalue weighted by atomic mass is 9.92. The van der Waals surface area contributed by atoms with Gasteiger partial charge in [0.2, 0.25) is 5.91 Å². The lowest BCUT2D eigenvalue weighted by Gasteiger charge is -2.32. The van der Waals surface area contributed by atoms with Crippen molar-refractivity contribution in [3.05, 3.63) is 35.9 Å². The second kappa shape index (κ2) is 13.2. The zero-order valence-corrected chi connectivity index (χ0v) is 17.8. The smallest absolute Gasteiger partial charge is 0.407 e. The molecule has 1 aromatic carbocycles. The lowest BCUT2D eigenvalue weighted by molar-refractivity contribution is -0.131. The third kappa shape index (κ3) is 9.28. The zero-order chi connectivity index (χ0) is 20.9. The third-order valence-corrected chi connectivity index (χ3v) is 5.39. The summed E-state index contributed by atoms with van der Waals surface area (Å²) in [6.07, 6.45) is 3.88. The molecule has 1 saturated heterocycles. The SMILES string of the molecule is COCCN(C)CCCC1CCN(C(=O)CNC(=O)OCc2ccccc2)CC1. The van der Waals surface area contributed by atoms with Crippen molar-refractivity contribution in [2.45, 2.75) is 32.3 Å². The Morgan fingerprint density at radius 1 is 1.17 bits per heavy atom. The summed E-state index contributed by atoms with van der Waals surface area (Å²) in [5.74, 6) is 0.637. The van der Waals surface area contributed by atoms with Crippen LogP contribution >= 0.6 is 0 Å². The average molecular weight is 406 g/mol. The van der Waals surface area contributed by atoms with Crippen LogP contribution in [0.25, 0.3) is 0 Å². The molecule has 1 fully saturated rings. The molecule has 0 atom stereocenters. The van der Waals surface area contributed by atoms with E-state index in [4.69, 9.17) is 9.47 Å². The highest BCUT2D eigenvalue weighted by Crippen LogP contribution is 2.22. The van der Waals surface area contributed by atoms with E-state index in [0.29, 0.717) is 5.92 Å². The van der Waals surface area contributed by atoms with Crippen molar-refractivity contribution in [3.63, 3.8) is 0 Å². The quantitative estimate of drug-likeness (QED) is 0.613. The molecule has 0 radical (unpaired) electrons. The Labute approximate surface area is 174 Å². The van der Waals surface area contributed by atoms with Gasteiger partial charge < -0.3 is 24.6 Å². The van der Waals surface area contributed by atoms with Gasteiger partial charge in [0, 0.05) is 26.7 Å². The van der Waals surface area contributed by atoms with Crippen LogP contribution in [0.4, 0.5) is 4.79 Å². The van der Waals surface area contributed by atoms with Crippen LogP contribution in [-0.2, 0) is 20.9 Å². The maximum Gasteiger partial charge on any atom is 0.407 e. The van der Waals surface area contributed by atoms with E-state index in [1.54, 1.807) is 7.11 Å². The molecule has 1 aliphatic heterocycles. The topological polar surface area (TPSA) is 71.1 Å². The highest BCUT2D eigenvalue weighted by molar-refractivity contribution is 5.82. The van der Waals surface area contributed by atoms with Crippen LogP contribution < -0.4 is 5.32 Å².